The van der Waals surface area contributed by atoms with E-state index < -0.39 is 18.1 Å². The highest BCUT2D eigenvalue weighted by Gasteiger charge is 2.47. The minimum Gasteiger partial charge on any atom is -0.548 e. The number of aliphatic carboxylic acids is 1. The molecule has 3 atom stereocenters. The number of halogens is 3. The van der Waals surface area contributed by atoms with Crippen LogP contribution in [0.4, 0.5) is 5.69 Å². The summed E-state index contributed by atoms with van der Waals surface area (Å²) in [5.74, 6) is -1.13. The zero-order chi connectivity index (χ0) is 16.3. The van der Waals surface area contributed by atoms with Gasteiger partial charge in [-0.15, -0.1) is 0 Å². The highest BCUT2D eigenvalue weighted by molar-refractivity contribution is 6.36. The Bertz CT molecular complexity index is 840. The van der Waals surface area contributed by atoms with Gasteiger partial charge in [-0.25, -0.2) is 0 Å². The number of carboxylic acid groups (broad SMARTS) is 1. The number of hydrogen-bond acceptors (Lipinski definition) is 4. The molecule has 24 heavy (non-hydrogen) atoms. The average molecular weight is 386 g/mol. The lowest BCUT2D eigenvalue weighted by atomic mass is 9.81. The van der Waals surface area contributed by atoms with Gasteiger partial charge in [-0.05, 0) is 18.2 Å². The van der Waals surface area contributed by atoms with E-state index in [0.717, 1.165) is 11.1 Å². The molecule has 0 fully saturated rings. The van der Waals surface area contributed by atoms with Crippen LogP contribution in [-0.4, -0.2) is 18.1 Å². The molecule has 2 aromatic carbocycles. The topological polar surface area (TPSA) is 61.4 Å². The van der Waals surface area contributed by atoms with Gasteiger partial charge in [0.1, 0.15) is 17.9 Å². The zero-order valence-corrected chi connectivity index (χ0v) is 13.7. The van der Waals surface area contributed by atoms with Gasteiger partial charge in [0.05, 0.1) is 16.9 Å². The Morgan fingerprint density at radius 2 is 1.92 bits per heavy atom. The lowest BCUT2D eigenvalue weighted by molar-refractivity contribution is -0.308. The molecule has 2 aromatic rings. The quantitative estimate of drug-likeness (QED) is 0.813. The minimum absolute atomic E-state index is 0. The fourth-order valence-electron chi connectivity index (χ4n) is 3.32. The van der Waals surface area contributed by atoms with E-state index in [-0.39, 0.29) is 13.3 Å². The summed E-state index contributed by atoms with van der Waals surface area (Å²) in [6.07, 6.45) is -0.693. The van der Waals surface area contributed by atoms with Crippen LogP contribution in [0.3, 0.4) is 0 Å². The number of nitrogens with one attached hydrogen (secondary N) is 1. The molecule has 0 bridgehead atoms. The number of hydrogen-bond donors (Lipinski definition) is 1. The van der Waals surface area contributed by atoms with Gasteiger partial charge >= 0.3 is 0 Å². The summed E-state index contributed by atoms with van der Waals surface area (Å²) in [5, 5.41) is 15.8. The van der Waals surface area contributed by atoms with Crippen LogP contribution in [-0.2, 0) is 4.79 Å². The van der Waals surface area contributed by atoms with Crippen LogP contribution >= 0.6 is 34.8 Å². The third kappa shape index (κ3) is 2.41. The van der Waals surface area contributed by atoms with Crippen molar-refractivity contribution in [2.24, 2.45) is 0 Å². The molecule has 0 aromatic heterocycles. The first-order valence-electron chi connectivity index (χ1n) is 6.89. The Hall–Kier alpha value is -1.62. The largest absolute Gasteiger partial charge is 0.548 e. The lowest BCUT2D eigenvalue weighted by Crippen LogP contribution is -2.53. The predicted molar refractivity (Wildman–Crippen MR) is 93.3 cm³/mol. The Morgan fingerprint density at radius 1 is 1.17 bits per heavy atom. The molecule has 4 nitrogen and oxygen atoms in total. The number of fused-ring (bicyclic) bond motifs is 5. The summed E-state index contributed by atoms with van der Waals surface area (Å²) in [6, 6.07) is 7.60. The number of ether oxygens (including phenoxy) is 1. The third-order valence-corrected chi connectivity index (χ3v) is 5.04. The maximum Gasteiger partial charge on any atom is 0.142 e. The first-order chi connectivity index (χ1) is 11.0. The van der Waals surface area contributed by atoms with Crippen LogP contribution in [0.1, 0.15) is 24.5 Å². The highest BCUT2D eigenvalue weighted by atomic mass is 35.5. The van der Waals surface area contributed by atoms with Crippen molar-refractivity contribution in [2.45, 2.75) is 25.5 Å². The number of carboxylic acids is 1. The molecule has 0 spiro atoms. The smallest absolute Gasteiger partial charge is 0.142 e. The summed E-state index contributed by atoms with van der Waals surface area (Å²) >= 11 is 18.6. The van der Waals surface area contributed by atoms with Crippen molar-refractivity contribution >= 4 is 46.5 Å². The van der Waals surface area contributed by atoms with Gasteiger partial charge in [-0.3, -0.25) is 0 Å². The second kappa shape index (κ2) is 6.03. The van der Waals surface area contributed by atoms with Gasteiger partial charge in [0, 0.05) is 26.9 Å². The van der Waals surface area contributed by atoms with E-state index in [1.54, 1.807) is 24.3 Å². The fraction of sp³-hybridized carbons (Fsp3) is 0.235. The summed E-state index contributed by atoms with van der Waals surface area (Å²) in [7, 11) is 0. The molecule has 0 saturated carbocycles. The monoisotopic (exact) mass is 384 g/mol. The van der Waals surface area contributed by atoms with Crippen molar-refractivity contribution in [1.82, 2.24) is 0 Å². The molecule has 4 rings (SSSR count). The molecular weight excluding hydrogens is 373 g/mol. The molecule has 0 saturated heterocycles. The Kier molecular flexibility index (Phi) is 4.32. The van der Waals surface area contributed by atoms with Crippen molar-refractivity contribution < 1.29 is 14.6 Å². The Morgan fingerprint density at radius 3 is 2.62 bits per heavy atom. The van der Waals surface area contributed by atoms with E-state index in [9.17, 15) is 9.90 Å². The standard InChI is InChI=1S/C16H10Cl3NO3.CH4/c17-6-4-9(19)12-10(5-6)20-13(16(21)22)15-11(12)7-2-1-3-8(18)14(7)23-15;/h1-5,11,13,15,20H,(H,21,22);1H4/p-1. The van der Waals surface area contributed by atoms with Gasteiger partial charge in [0.15, 0.2) is 0 Å². The lowest BCUT2D eigenvalue weighted by Gasteiger charge is -2.37. The third-order valence-electron chi connectivity index (χ3n) is 4.21. The zero-order valence-electron chi connectivity index (χ0n) is 11.5. The van der Waals surface area contributed by atoms with Crippen LogP contribution in [0, 0.1) is 0 Å². The maximum absolute atomic E-state index is 11.6. The highest BCUT2D eigenvalue weighted by Crippen LogP contribution is 2.53. The summed E-state index contributed by atoms with van der Waals surface area (Å²) in [4.78, 5) is 11.6. The molecular formula is C17H13Cl3NO3-. The molecule has 2 aliphatic heterocycles. The molecule has 7 heteroatoms. The number of carbonyl (C=O) groups is 1. The summed E-state index contributed by atoms with van der Waals surface area (Å²) in [5.41, 5.74) is 2.12. The maximum atomic E-state index is 11.6. The van der Waals surface area contributed by atoms with E-state index in [1.807, 2.05) is 6.07 Å². The first-order valence-corrected chi connectivity index (χ1v) is 8.02. The van der Waals surface area contributed by atoms with E-state index in [2.05, 4.69) is 5.32 Å². The molecule has 2 heterocycles. The molecule has 2 aliphatic rings. The van der Waals surface area contributed by atoms with Crippen LogP contribution in [0.5, 0.6) is 5.75 Å². The molecule has 0 aliphatic carbocycles. The van der Waals surface area contributed by atoms with E-state index >= 15 is 0 Å². The van der Waals surface area contributed by atoms with Gasteiger partial charge in [0.25, 0.3) is 0 Å². The van der Waals surface area contributed by atoms with E-state index in [4.69, 9.17) is 39.5 Å². The van der Waals surface area contributed by atoms with Crippen LogP contribution in [0.2, 0.25) is 15.1 Å². The number of benzene rings is 2. The van der Waals surface area contributed by atoms with Crippen LogP contribution in [0.25, 0.3) is 0 Å². The molecule has 126 valence electrons. The van der Waals surface area contributed by atoms with Crippen LogP contribution in [0.15, 0.2) is 30.3 Å². The van der Waals surface area contributed by atoms with Crippen LogP contribution < -0.4 is 15.2 Å². The van der Waals surface area contributed by atoms with Gasteiger partial charge in [0.2, 0.25) is 0 Å². The molecule has 0 radical (unpaired) electrons. The van der Waals surface area contributed by atoms with Gasteiger partial charge in [-0.1, -0.05) is 54.4 Å². The fourth-order valence-corrected chi connectivity index (χ4v) is 4.16. The Balaban J connectivity index is 0.00000169. The van der Waals surface area contributed by atoms with Crippen molar-refractivity contribution in [3.63, 3.8) is 0 Å². The van der Waals surface area contributed by atoms with Crippen molar-refractivity contribution in [3.05, 3.63) is 56.5 Å². The first kappa shape index (κ1) is 17.2. The molecule has 0 amide bonds. The molecule has 3 unspecified atom stereocenters. The van der Waals surface area contributed by atoms with Gasteiger partial charge in [-0.2, -0.15) is 0 Å². The van der Waals surface area contributed by atoms with E-state index in [1.165, 1.54) is 0 Å². The SMILES string of the molecule is C.O=C([O-])C1Nc2cc(Cl)cc(Cl)c2C2c3cccc(Cl)c3OC12. The Labute approximate surface area is 154 Å². The summed E-state index contributed by atoms with van der Waals surface area (Å²) < 4.78 is 5.85. The average Bonchev–Trinajstić information content (AvgIpc) is 2.86. The minimum atomic E-state index is -1.26. The van der Waals surface area contributed by atoms with Crippen molar-refractivity contribution in [3.8, 4) is 5.75 Å². The van der Waals surface area contributed by atoms with Gasteiger partial charge < -0.3 is 20.0 Å². The molecule has 1 N–H and O–H groups in total. The summed E-state index contributed by atoms with van der Waals surface area (Å²) in [6.45, 7) is 0. The predicted octanol–water partition coefficient (Wildman–Crippen LogP) is 3.72. The van der Waals surface area contributed by atoms with E-state index in [0.29, 0.717) is 26.5 Å². The normalized spacial score (nSPS) is 23.0. The van der Waals surface area contributed by atoms with Crippen molar-refractivity contribution in [2.75, 3.05) is 5.32 Å². The van der Waals surface area contributed by atoms with Crippen molar-refractivity contribution in [1.29, 1.82) is 0 Å². The number of rotatable bonds is 1. The second-order valence-corrected chi connectivity index (χ2v) is 6.76. The second-order valence-electron chi connectivity index (χ2n) is 5.51. The number of anilines is 1. The number of para-hydroxylation sites is 1. The number of carbonyl (C=O) groups excluding carboxylic acids is 1.